The third-order valence-electron chi connectivity index (χ3n) is 4.55. The van der Waals surface area contributed by atoms with Crippen molar-refractivity contribution in [2.75, 3.05) is 4.90 Å². The van der Waals surface area contributed by atoms with E-state index in [-0.39, 0.29) is 46.1 Å². The highest BCUT2D eigenvalue weighted by atomic mass is 32.1. The van der Waals surface area contributed by atoms with Crippen molar-refractivity contribution in [1.82, 2.24) is 0 Å². The SMILES string of the molecule is O=C(O)c1ccsc1N1C(=O)C2C3C=CC(C3)C2C1=O. The summed E-state index contributed by atoms with van der Waals surface area (Å²) in [6.07, 6.45) is 4.91. The summed E-state index contributed by atoms with van der Waals surface area (Å²) in [4.78, 5) is 37.4. The number of rotatable bonds is 2. The molecule has 2 heterocycles. The van der Waals surface area contributed by atoms with E-state index in [0.29, 0.717) is 0 Å². The number of allylic oxidation sites excluding steroid dienone is 2. The van der Waals surface area contributed by atoms with Crippen LogP contribution in [-0.2, 0) is 9.59 Å². The standard InChI is InChI=1S/C14H11NO4S/c16-11-9-6-1-2-7(5-6)10(9)12(17)15(11)13-8(14(18)19)3-4-20-13/h1-4,6-7,9-10H,5H2,(H,18,19). The Bertz CT molecular complexity index is 646. The molecule has 3 aliphatic rings. The summed E-state index contributed by atoms with van der Waals surface area (Å²) < 4.78 is 0. The Morgan fingerprint density at radius 2 is 1.80 bits per heavy atom. The second-order valence-electron chi connectivity index (χ2n) is 5.46. The van der Waals surface area contributed by atoms with Crippen LogP contribution >= 0.6 is 11.3 Å². The zero-order valence-electron chi connectivity index (χ0n) is 10.4. The molecule has 1 saturated heterocycles. The molecule has 5 nitrogen and oxygen atoms in total. The molecular formula is C14H11NO4S. The van der Waals surface area contributed by atoms with Crippen LogP contribution < -0.4 is 4.90 Å². The summed E-state index contributed by atoms with van der Waals surface area (Å²) in [6.45, 7) is 0. The molecule has 1 aromatic rings. The summed E-state index contributed by atoms with van der Waals surface area (Å²) in [5, 5.41) is 11.0. The number of imide groups is 1. The first-order valence-corrected chi connectivity index (χ1v) is 7.34. The van der Waals surface area contributed by atoms with Crippen LogP contribution in [-0.4, -0.2) is 22.9 Å². The molecule has 6 heteroatoms. The molecule has 2 aliphatic carbocycles. The van der Waals surface area contributed by atoms with E-state index in [2.05, 4.69) is 0 Å². The Hall–Kier alpha value is -1.95. The van der Waals surface area contributed by atoms with Gasteiger partial charge in [-0.3, -0.25) is 9.59 Å². The first-order chi connectivity index (χ1) is 9.59. The summed E-state index contributed by atoms with van der Waals surface area (Å²) in [6, 6.07) is 1.43. The summed E-state index contributed by atoms with van der Waals surface area (Å²) in [5.74, 6) is -1.88. The van der Waals surface area contributed by atoms with Crippen molar-refractivity contribution < 1.29 is 19.5 Å². The van der Waals surface area contributed by atoms with Gasteiger partial charge in [-0.25, -0.2) is 9.69 Å². The Balaban J connectivity index is 1.78. The second kappa shape index (κ2) is 3.79. The zero-order chi connectivity index (χ0) is 14.0. The van der Waals surface area contributed by atoms with E-state index in [0.717, 1.165) is 22.7 Å². The molecule has 20 heavy (non-hydrogen) atoms. The van der Waals surface area contributed by atoms with Gasteiger partial charge in [0.05, 0.1) is 17.4 Å². The minimum absolute atomic E-state index is 0.0250. The van der Waals surface area contributed by atoms with Crippen molar-refractivity contribution in [2.45, 2.75) is 6.42 Å². The lowest BCUT2D eigenvalue weighted by Crippen LogP contribution is -2.33. The zero-order valence-corrected chi connectivity index (χ0v) is 11.2. The van der Waals surface area contributed by atoms with E-state index >= 15 is 0 Å². The van der Waals surface area contributed by atoms with Crippen LogP contribution in [0.4, 0.5) is 5.00 Å². The number of aromatic carboxylic acids is 1. The maximum atomic E-state index is 12.5. The Kier molecular flexibility index (Phi) is 2.24. The summed E-state index contributed by atoms with van der Waals surface area (Å²) >= 11 is 1.13. The van der Waals surface area contributed by atoms with Crippen LogP contribution in [0.2, 0.25) is 0 Å². The largest absolute Gasteiger partial charge is 0.478 e. The van der Waals surface area contributed by atoms with Gasteiger partial charge in [0.2, 0.25) is 11.8 Å². The number of nitrogens with zero attached hydrogens (tertiary/aromatic N) is 1. The highest BCUT2D eigenvalue weighted by molar-refractivity contribution is 7.15. The molecule has 1 N–H and O–H groups in total. The van der Waals surface area contributed by atoms with Crippen LogP contribution in [0.1, 0.15) is 16.8 Å². The number of anilines is 1. The minimum Gasteiger partial charge on any atom is -0.478 e. The number of fused-ring (bicyclic) bond motifs is 5. The average molecular weight is 289 g/mol. The van der Waals surface area contributed by atoms with Gasteiger partial charge in [-0.05, 0) is 29.7 Å². The number of carbonyl (C=O) groups is 3. The fraction of sp³-hybridized carbons (Fsp3) is 0.357. The minimum atomic E-state index is -1.11. The lowest BCUT2D eigenvalue weighted by molar-refractivity contribution is -0.123. The molecule has 1 aromatic heterocycles. The Morgan fingerprint density at radius 1 is 1.20 bits per heavy atom. The molecule has 102 valence electrons. The fourth-order valence-electron chi connectivity index (χ4n) is 3.74. The van der Waals surface area contributed by atoms with Gasteiger partial charge in [0.1, 0.15) is 5.00 Å². The molecule has 4 atom stereocenters. The number of carboxylic acid groups (broad SMARTS) is 1. The smallest absolute Gasteiger partial charge is 0.338 e. The van der Waals surface area contributed by atoms with Gasteiger partial charge in [-0.2, -0.15) is 0 Å². The van der Waals surface area contributed by atoms with Crippen molar-refractivity contribution in [3.63, 3.8) is 0 Å². The molecule has 1 aliphatic heterocycles. The number of carbonyl (C=O) groups excluding carboxylic acids is 2. The highest BCUT2D eigenvalue weighted by Crippen LogP contribution is 2.53. The van der Waals surface area contributed by atoms with Gasteiger partial charge >= 0.3 is 5.97 Å². The molecular weight excluding hydrogens is 278 g/mol. The summed E-state index contributed by atoms with van der Waals surface area (Å²) in [5.41, 5.74) is 0.0250. The van der Waals surface area contributed by atoms with E-state index < -0.39 is 5.97 Å². The molecule has 0 spiro atoms. The maximum absolute atomic E-state index is 12.5. The fourth-order valence-corrected chi connectivity index (χ4v) is 4.64. The lowest BCUT2D eigenvalue weighted by Gasteiger charge is -2.16. The predicted molar refractivity (Wildman–Crippen MR) is 71.5 cm³/mol. The lowest BCUT2D eigenvalue weighted by atomic mass is 9.85. The van der Waals surface area contributed by atoms with E-state index in [1.165, 1.54) is 6.07 Å². The number of thiophene rings is 1. The maximum Gasteiger partial charge on any atom is 0.338 e. The molecule has 4 rings (SSSR count). The normalized spacial score (nSPS) is 34.1. The monoisotopic (exact) mass is 289 g/mol. The number of amides is 2. The number of hydrogen-bond donors (Lipinski definition) is 1. The second-order valence-corrected chi connectivity index (χ2v) is 6.35. The van der Waals surface area contributed by atoms with Gasteiger partial charge in [-0.15, -0.1) is 11.3 Å². The van der Waals surface area contributed by atoms with E-state index in [1.807, 2.05) is 12.2 Å². The van der Waals surface area contributed by atoms with Gasteiger partial charge in [0, 0.05) is 0 Å². The van der Waals surface area contributed by atoms with Crippen LogP contribution in [0, 0.1) is 23.7 Å². The van der Waals surface area contributed by atoms with Crippen molar-refractivity contribution in [3.8, 4) is 0 Å². The molecule has 2 fully saturated rings. The molecule has 0 radical (unpaired) electrons. The first-order valence-electron chi connectivity index (χ1n) is 6.46. The number of hydrogen-bond acceptors (Lipinski definition) is 4. The molecule has 0 aromatic carbocycles. The van der Waals surface area contributed by atoms with E-state index in [4.69, 9.17) is 5.11 Å². The van der Waals surface area contributed by atoms with Crippen LogP contribution in [0.25, 0.3) is 0 Å². The molecule has 2 amide bonds. The molecule has 4 unspecified atom stereocenters. The van der Waals surface area contributed by atoms with Crippen molar-refractivity contribution in [3.05, 3.63) is 29.2 Å². The number of carboxylic acids is 1. The summed E-state index contributed by atoms with van der Waals surface area (Å²) in [7, 11) is 0. The predicted octanol–water partition coefficient (Wildman–Crippen LogP) is 1.76. The van der Waals surface area contributed by atoms with Crippen LogP contribution in [0.15, 0.2) is 23.6 Å². The van der Waals surface area contributed by atoms with Gasteiger partial charge < -0.3 is 5.11 Å². The topological polar surface area (TPSA) is 74.7 Å². The third-order valence-corrected chi connectivity index (χ3v) is 5.45. The van der Waals surface area contributed by atoms with Gasteiger partial charge in [-0.1, -0.05) is 12.2 Å². The van der Waals surface area contributed by atoms with E-state index in [1.54, 1.807) is 5.38 Å². The highest BCUT2D eigenvalue weighted by Gasteiger charge is 2.60. The molecule has 1 saturated carbocycles. The van der Waals surface area contributed by atoms with Gasteiger partial charge in [0.15, 0.2) is 0 Å². The van der Waals surface area contributed by atoms with Crippen molar-refractivity contribution in [1.29, 1.82) is 0 Å². The Morgan fingerprint density at radius 3 is 2.35 bits per heavy atom. The Labute approximate surface area is 118 Å². The average Bonchev–Trinajstić information content (AvgIpc) is 3.13. The van der Waals surface area contributed by atoms with Crippen molar-refractivity contribution >= 4 is 34.1 Å². The third kappa shape index (κ3) is 1.29. The molecule has 2 bridgehead atoms. The van der Waals surface area contributed by atoms with Gasteiger partial charge in [0.25, 0.3) is 0 Å². The van der Waals surface area contributed by atoms with Crippen molar-refractivity contribution in [2.24, 2.45) is 23.7 Å². The first kappa shape index (κ1) is 11.8. The van der Waals surface area contributed by atoms with Crippen LogP contribution in [0.3, 0.4) is 0 Å². The van der Waals surface area contributed by atoms with Crippen LogP contribution in [0.5, 0.6) is 0 Å². The van der Waals surface area contributed by atoms with E-state index in [9.17, 15) is 14.4 Å². The quantitative estimate of drug-likeness (QED) is 0.665.